The molecule has 0 saturated carbocycles. The molecule has 0 radical (unpaired) electrons. The van der Waals surface area contributed by atoms with Crippen LogP contribution in [0.1, 0.15) is 18.9 Å². The smallest absolute Gasteiger partial charge is 0.242 e. The quantitative estimate of drug-likeness (QED) is 0.843. The molecule has 1 aromatic rings. The monoisotopic (exact) mass is 262 g/mol. The zero-order valence-corrected chi connectivity index (χ0v) is 11.0. The predicted molar refractivity (Wildman–Crippen MR) is 70.9 cm³/mol. The van der Waals surface area contributed by atoms with Gasteiger partial charge in [0.1, 0.15) is 12.4 Å². The van der Waals surface area contributed by atoms with Crippen LogP contribution in [0.25, 0.3) is 0 Å². The third-order valence-electron chi connectivity index (χ3n) is 3.07. The van der Waals surface area contributed by atoms with E-state index in [1.54, 1.807) is 28.1 Å². The maximum absolute atomic E-state index is 12.0. The van der Waals surface area contributed by atoms with E-state index in [0.29, 0.717) is 18.9 Å². The fourth-order valence-electron chi connectivity index (χ4n) is 2.13. The number of carbonyl (C=O) groups excluding carboxylic acids is 2. The fourth-order valence-corrected chi connectivity index (χ4v) is 2.13. The van der Waals surface area contributed by atoms with Gasteiger partial charge in [0.25, 0.3) is 0 Å². The number of amides is 2. The largest absolute Gasteiger partial charge is 0.384 e. The summed E-state index contributed by atoms with van der Waals surface area (Å²) in [7, 11) is 0. The highest BCUT2D eigenvalue weighted by molar-refractivity contribution is 5.92. The van der Waals surface area contributed by atoms with Gasteiger partial charge in [-0.25, -0.2) is 4.98 Å². The molecule has 6 heteroatoms. The minimum atomic E-state index is -0.0246. The number of aromatic nitrogens is 1. The van der Waals surface area contributed by atoms with Crippen LogP contribution in [0.4, 0.5) is 5.82 Å². The van der Waals surface area contributed by atoms with E-state index in [-0.39, 0.29) is 24.9 Å². The average Bonchev–Trinajstić information content (AvgIpc) is 2.36. The summed E-state index contributed by atoms with van der Waals surface area (Å²) in [5.41, 5.74) is 6.48. The van der Waals surface area contributed by atoms with Gasteiger partial charge in [0.05, 0.1) is 6.54 Å². The summed E-state index contributed by atoms with van der Waals surface area (Å²) >= 11 is 0. The van der Waals surface area contributed by atoms with Crippen LogP contribution < -0.4 is 5.73 Å². The van der Waals surface area contributed by atoms with Crippen LogP contribution in [0.15, 0.2) is 18.3 Å². The molecule has 0 aromatic carbocycles. The molecule has 0 bridgehead atoms. The summed E-state index contributed by atoms with van der Waals surface area (Å²) in [5.74, 6) is 0.396. The van der Waals surface area contributed by atoms with Crippen molar-refractivity contribution in [3.05, 3.63) is 23.9 Å². The van der Waals surface area contributed by atoms with Crippen molar-refractivity contribution >= 4 is 17.6 Å². The van der Waals surface area contributed by atoms with Crippen LogP contribution in [0.3, 0.4) is 0 Å². The molecule has 0 aliphatic carbocycles. The van der Waals surface area contributed by atoms with Crippen molar-refractivity contribution in [2.24, 2.45) is 0 Å². The van der Waals surface area contributed by atoms with Gasteiger partial charge in [-0.3, -0.25) is 9.59 Å². The molecule has 1 saturated heterocycles. The molecule has 1 aromatic heterocycles. The zero-order chi connectivity index (χ0) is 13.8. The number of rotatable bonds is 4. The van der Waals surface area contributed by atoms with Gasteiger partial charge < -0.3 is 15.5 Å². The maximum atomic E-state index is 12.0. The Morgan fingerprint density at radius 1 is 1.26 bits per heavy atom. The van der Waals surface area contributed by atoms with Crippen LogP contribution in [0.5, 0.6) is 0 Å². The Labute approximate surface area is 112 Å². The summed E-state index contributed by atoms with van der Waals surface area (Å²) in [6, 6.07) is 3.52. The Kier molecular flexibility index (Phi) is 3.99. The number of anilines is 1. The van der Waals surface area contributed by atoms with Crippen molar-refractivity contribution in [3.63, 3.8) is 0 Å². The second kappa shape index (κ2) is 5.69. The highest BCUT2D eigenvalue weighted by Crippen LogP contribution is 2.12. The SMILES string of the molecule is CCCN1CC(=O)N(Cc2ccnc(N)c2)CC1=O. The van der Waals surface area contributed by atoms with E-state index in [1.165, 1.54) is 0 Å². The van der Waals surface area contributed by atoms with Crippen molar-refractivity contribution in [2.75, 3.05) is 25.4 Å². The third-order valence-corrected chi connectivity index (χ3v) is 3.07. The number of nitrogen functional groups attached to an aromatic ring is 1. The first-order chi connectivity index (χ1) is 9.10. The van der Waals surface area contributed by atoms with Gasteiger partial charge in [-0.15, -0.1) is 0 Å². The first-order valence-electron chi connectivity index (χ1n) is 6.36. The molecular weight excluding hydrogens is 244 g/mol. The van der Waals surface area contributed by atoms with E-state index in [1.807, 2.05) is 6.92 Å². The van der Waals surface area contributed by atoms with Crippen molar-refractivity contribution in [3.8, 4) is 0 Å². The molecule has 2 amide bonds. The van der Waals surface area contributed by atoms with Crippen LogP contribution >= 0.6 is 0 Å². The normalized spacial score (nSPS) is 16.1. The predicted octanol–water partition coefficient (Wildman–Crippen LogP) is 0.245. The molecule has 6 nitrogen and oxygen atoms in total. The Hall–Kier alpha value is -2.11. The van der Waals surface area contributed by atoms with Crippen LogP contribution in [-0.4, -0.2) is 46.2 Å². The fraction of sp³-hybridized carbons (Fsp3) is 0.462. The maximum Gasteiger partial charge on any atom is 0.242 e. The lowest BCUT2D eigenvalue weighted by Gasteiger charge is -2.33. The van der Waals surface area contributed by atoms with Gasteiger partial charge in [-0.2, -0.15) is 0 Å². The molecule has 2 rings (SSSR count). The first kappa shape index (κ1) is 13.3. The zero-order valence-electron chi connectivity index (χ0n) is 11.0. The number of nitrogens with zero attached hydrogens (tertiary/aromatic N) is 3. The molecule has 0 spiro atoms. The Balaban J connectivity index is 2.02. The highest BCUT2D eigenvalue weighted by Gasteiger charge is 2.29. The van der Waals surface area contributed by atoms with Crippen LogP contribution in [0.2, 0.25) is 0 Å². The molecule has 0 atom stereocenters. The van der Waals surface area contributed by atoms with E-state index in [2.05, 4.69) is 4.98 Å². The van der Waals surface area contributed by atoms with E-state index in [0.717, 1.165) is 12.0 Å². The molecule has 102 valence electrons. The first-order valence-corrected chi connectivity index (χ1v) is 6.36. The lowest BCUT2D eigenvalue weighted by molar-refractivity contribution is -0.150. The molecule has 2 N–H and O–H groups in total. The van der Waals surface area contributed by atoms with Gasteiger partial charge >= 0.3 is 0 Å². The summed E-state index contributed by atoms with van der Waals surface area (Å²) in [6.07, 6.45) is 2.46. The van der Waals surface area contributed by atoms with Gasteiger partial charge in [-0.05, 0) is 24.1 Å². The van der Waals surface area contributed by atoms with Crippen molar-refractivity contribution < 1.29 is 9.59 Å². The average molecular weight is 262 g/mol. The van der Waals surface area contributed by atoms with Crippen molar-refractivity contribution in [2.45, 2.75) is 19.9 Å². The number of hydrogen-bond acceptors (Lipinski definition) is 4. The minimum Gasteiger partial charge on any atom is -0.384 e. The summed E-state index contributed by atoms with van der Waals surface area (Å²) < 4.78 is 0. The minimum absolute atomic E-state index is 0.00322. The van der Waals surface area contributed by atoms with Crippen LogP contribution in [-0.2, 0) is 16.1 Å². The second-order valence-corrected chi connectivity index (χ2v) is 4.65. The molecule has 0 unspecified atom stereocenters. The standard InChI is InChI=1S/C13H18N4O2/c1-2-5-16-8-13(19)17(9-12(16)18)7-10-3-4-15-11(14)6-10/h3-4,6H,2,5,7-9H2,1H3,(H2,14,15). The summed E-state index contributed by atoms with van der Waals surface area (Å²) in [5, 5.41) is 0. The number of carbonyl (C=O) groups is 2. The molecule has 2 heterocycles. The van der Waals surface area contributed by atoms with Crippen LogP contribution in [0, 0.1) is 0 Å². The third kappa shape index (κ3) is 3.21. The molecular formula is C13H18N4O2. The summed E-state index contributed by atoms with van der Waals surface area (Å²) in [4.78, 5) is 31.0. The molecule has 19 heavy (non-hydrogen) atoms. The van der Waals surface area contributed by atoms with E-state index in [4.69, 9.17) is 5.73 Å². The number of hydrogen-bond donors (Lipinski definition) is 1. The lowest BCUT2D eigenvalue weighted by atomic mass is 10.2. The lowest BCUT2D eigenvalue weighted by Crippen LogP contribution is -2.53. The van der Waals surface area contributed by atoms with Gasteiger partial charge in [0.2, 0.25) is 11.8 Å². The Morgan fingerprint density at radius 2 is 1.95 bits per heavy atom. The molecule has 1 aliphatic heterocycles. The van der Waals surface area contributed by atoms with Gasteiger partial charge in [0.15, 0.2) is 0 Å². The van der Waals surface area contributed by atoms with E-state index >= 15 is 0 Å². The Morgan fingerprint density at radius 3 is 2.63 bits per heavy atom. The van der Waals surface area contributed by atoms with E-state index < -0.39 is 0 Å². The molecule has 1 aliphatic rings. The number of nitrogens with two attached hydrogens (primary N) is 1. The summed E-state index contributed by atoms with van der Waals surface area (Å²) in [6.45, 7) is 3.34. The number of piperazine rings is 1. The van der Waals surface area contributed by atoms with E-state index in [9.17, 15) is 9.59 Å². The van der Waals surface area contributed by atoms with Crippen molar-refractivity contribution in [1.29, 1.82) is 0 Å². The molecule has 1 fully saturated rings. The second-order valence-electron chi connectivity index (χ2n) is 4.65. The van der Waals surface area contributed by atoms with Gasteiger partial charge in [-0.1, -0.05) is 6.92 Å². The van der Waals surface area contributed by atoms with Crippen molar-refractivity contribution in [1.82, 2.24) is 14.8 Å². The van der Waals surface area contributed by atoms with Gasteiger partial charge in [0, 0.05) is 19.3 Å². The number of pyridine rings is 1. The highest BCUT2D eigenvalue weighted by atomic mass is 16.2. The topological polar surface area (TPSA) is 79.5 Å². The Bertz CT molecular complexity index is 489.